The predicted molar refractivity (Wildman–Crippen MR) is 109 cm³/mol. The summed E-state index contributed by atoms with van der Waals surface area (Å²) in [5.74, 6) is 2.65. The van der Waals surface area contributed by atoms with Crippen molar-refractivity contribution >= 4 is 5.69 Å². The highest BCUT2D eigenvalue weighted by molar-refractivity contribution is 5.56. The Morgan fingerprint density at radius 3 is 2.79 bits per heavy atom. The van der Waals surface area contributed by atoms with Crippen LogP contribution in [0.4, 0.5) is 5.69 Å². The highest BCUT2D eigenvalue weighted by Crippen LogP contribution is 2.45. The maximum Gasteiger partial charge on any atom is 0.129 e. The van der Waals surface area contributed by atoms with Gasteiger partial charge in [0.25, 0.3) is 0 Å². The van der Waals surface area contributed by atoms with Gasteiger partial charge in [0.15, 0.2) is 0 Å². The molecule has 1 atom stereocenters. The molecule has 0 aliphatic carbocycles. The van der Waals surface area contributed by atoms with Crippen molar-refractivity contribution < 1.29 is 14.2 Å². The Bertz CT molecular complexity index is 904. The third kappa shape index (κ3) is 3.58. The van der Waals surface area contributed by atoms with Crippen molar-refractivity contribution in [2.75, 3.05) is 6.61 Å². The Labute approximate surface area is 166 Å². The van der Waals surface area contributed by atoms with Crippen molar-refractivity contribution in [3.63, 3.8) is 0 Å². The molecule has 0 fully saturated rings. The van der Waals surface area contributed by atoms with E-state index in [0.717, 1.165) is 41.9 Å². The molecule has 0 N–H and O–H groups in total. The number of ether oxygens (including phenoxy) is 3. The Morgan fingerprint density at radius 2 is 2.04 bits per heavy atom. The maximum atomic E-state index is 11.4. The summed E-state index contributed by atoms with van der Waals surface area (Å²) < 4.78 is 18.0. The van der Waals surface area contributed by atoms with E-state index < -0.39 is 0 Å². The number of fused-ring (bicyclic) bond motifs is 3. The normalized spacial score (nSPS) is 19.8. The van der Waals surface area contributed by atoms with Crippen LogP contribution in [-0.4, -0.2) is 18.3 Å². The summed E-state index contributed by atoms with van der Waals surface area (Å²) >= 11 is 0. The van der Waals surface area contributed by atoms with Crippen LogP contribution in [0, 0.1) is 4.91 Å². The molecule has 0 radical (unpaired) electrons. The zero-order valence-corrected chi connectivity index (χ0v) is 17.0. The van der Waals surface area contributed by atoms with Gasteiger partial charge in [-0.25, -0.2) is 0 Å². The SMILES string of the molecule is CC(C)Oc1ccc(C2COc3c(ccc4c3CCC(C)(C)O4)C2)c(N=O)c1. The van der Waals surface area contributed by atoms with Crippen molar-refractivity contribution in [1.29, 1.82) is 0 Å². The lowest BCUT2D eigenvalue weighted by molar-refractivity contribution is 0.0827. The summed E-state index contributed by atoms with van der Waals surface area (Å²) in [6.45, 7) is 8.68. The van der Waals surface area contributed by atoms with Gasteiger partial charge in [-0.05, 0) is 75.4 Å². The minimum atomic E-state index is -0.136. The van der Waals surface area contributed by atoms with E-state index in [-0.39, 0.29) is 17.6 Å². The van der Waals surface area contributed by atoms with Gasteiger partial charge in [0.05, 0.1) is 12.7 Å². The molecule has 5 heteroatoms. The second-order valence-electron chi connectivity index (χ2n) is 8.58. The molecule has 2 aliphatic rings. The molecular formula is C23H27NO4. The monoisotopic (exact) mass is 381 g/mol. The summed E-state index contributed by atoms with van der Waals surface area (Å²) in [7, 11) is 0. The van der Waals surface area contributed by atoms with Gasteiger partial charge in [-0.2, -0.15) is 0 Å². The van der Waals surface area contributed by atoms with Gasteiger partial charge in [0, 0.05) is 17.5 Å². The fourth-order valence-corrected chi connectivity index (χ4v) is 4.11. The first kappa shape index (κ1) is 18.8. The Morgan fingerprint density at radius 1 is 1.21 bits per heavy atom. The Kier molecular flexibility index (Phi) is 4.77. The molecule has 0 spiro atoms. The molecule has 0 saturated heterocycles. The first-order chi connectivity index (χ1) is 13.4. The van der Waals surface area contributed by atoms with Crippen LogP contribution < -0.4 is 14.2 Å². The molecule has 4 rings (SSSR count). The first-order valence-corrected chi connectivity index (χ1v) is 9.97. The van der Waals surface area contributed by atoms with Crippen molar-refractivity contribution in [3.8, 4) is 17.2 Å². The maximum absolute atomic E-state index is 11.4. The topological polar surface area (TPSA) is 57.1 Å². The smallest absolute Gasteiger partial charge is 0.129 e. The molecule has 0 bridgehead atoms. The molecular weight excluding hydrogens is 354 g/mol. The Hall–Kier alpha value is -2.56. The molecule has 0 saturated carbocycles. The van der Waals surface area contributed by atoms with Gasteiger partial charge in [-0.15, -0.1) is 4.91 Å². The van der Waals surface area contributed by atoms with Crippen molar-refractivity contribution in [2.45, 2.75) is 64.6 Å². The van der Waals surface area contributed by atoms with E-state index in [1.807, 2.05) is 26.0 Å². The van der Waals surface area contributed by atoms with E-state index in [0.29, 0.717) is 18.0 Å². The second kappa shape index (κ2) is 7.12. The number of hydrogen-bond acceptors (Lipinski definition) is 5. The van der Waals surface area contributed by atoms with Gasteiger partial charge < -0.3 is 14.2 Å². The van der Waals surface area contributed by atoms with E-state index in [1.54, 1.807) is 6.07 Å². The minimum absolute atomic E-state index is 0.0496. The quantitative estimate of drug-likeness (QED) is 0.638. The third-order valence-corrected chi connectivity index (χ3v) is 5.47. The van der Waals surface area contributed by atoms with E-state index in [1.165, 1.54) is 5.56 Å². The molecule has 148 valence electrons. The number of rotatable bonds is 4. The molecule has 0 amide bonds. The molecule has 1 unspecified atom stereocenters. The predicted octanol–water partition coefficient (Wildman–Crippen LogP) is 5.69. The molecule has 2 aromatic carbocycles. The van der Waals surface area contributed by atoms with Gasteiger partial charge >= 0.3 is 0 Å². The molecule has 2 aromatic rings. The summed E-state index contributed by atoms with van der Waals surface area (Å²) in [5.41, 5.74) is 3.54. The van der Waals surface area contributed by atoms with Crippen molar-refractivity contribution in [2.24, 2.45) is 5.18 Å². The van der Waals surface area contributed by atoms with Crippen molar-refractivity contribution in [3.05, 3.63) is 51.9 Å². The molecule has 2 heterocycles. The summed E-state index contributed by atoms with van der Waals surface area (Å²) in [6, 6.07) is 9.71. The van der Waals surface area contributed by atoms with Crippen LogP contribution in [0.2, 0.25) is 0 Å². The molecule has 28 heavy (non-hydrogen) atoms. The average Bonchev–Trinajstić information content (AvgIpc) is 2.66. The standard InChI is InChI=1S/C23H27NO4/c1-14(2)27-17-6-7-18(20(12-17)24-25)16-11-15-5-8-21-19(22(15)26-13-16)9-10-23(3,4)28-21/h5-8,12,14,16H,9-11,13H2,1-4H3. The summed E-state index contributed by atoms with van der Waals surface area (Å²) in [5, 5.41) is 3.25. The summed E-state index contributed by atoms with van der Waals surface area (Å²) in [4.78, 5) is 11.4. The van der Waals surface area contributed by atoms with E-state index in [9.17, 15) is 4.91 Å². The molecule has 0 aromatic heterocycles. The number of hydrogen-bond donors (Lipinski definition) is 0. The molecule has 5 nitrogen and oxygen atoms in total. The lowest BCUT2D eigenvalue weighted by Crippen LogP contribution is -2.33. The second-order valence-corrected chi connectivity index (χ2v) is 8.58. The van der Waals surface area contributed by atoms with Gasteiger partial charge in [0.2, 0.25) is 0 Å². The van der Waals surface area contributed by atoms with Crippen LogP contribution >= 0.6 is 0 Å². The van der Waals surface area contributed by atoms with Gasteiger partial charge in [-0.3, -0.25) is 0 Å². The zero-order valence-electron chi connectivity index (χ0n) is 17.0. The van der Waals surface area contributed by atoms with E-state index >= 15 is 0 Å². The minimum Gasteiger partial charge on any atom is -0.492 e. The summed E-state index contributed by atoms with van der Waals surface area (Å²) in [6.07, 6.45) is 2.80. The highest BCUT2D eigenvalue weighted by atomic mass is 16.5. The fraction of sp³-hybridized carbons (Fsp3) is 0.478. The number of nitrogens with zero attached hydrogens (tertiary/aromatic N) is 1. The third-order valence-electron chi connectivity index (χ3n) is 5.47. The Balaban J connectivity index is 1.61. The first-order valence-electron chi connectivity index (χ1n) is 9.97. The van der Waals surface area contributed by atoms with Crippen LogP contribution in [0.5, 0.6) is 17.2 Å². The van der Waals surface area contributed by atoms with Crippen molar-refractivity contribution in [1.82, 2.24) is 0 Å². The largest absolute Gasteiger partial charge is 0.492 e. The van der Waals surface area contributed by atoms with Crippen LogP contribution in [0.1, 0.15) is 56.7 Å². The number of benzene rings is 2. The van der Waals surface area contributed by atoms with Gasteiger partial charge in [-0.1, -0.05) is 12.1 Å². The van der Waals surface area contributed by atoms with E-state index in [4.69, 9.17) is 14.2 Å². The lowest BCUT2D eigenvalue weighted by atomic mass is 9.86. The van der Waals surface area contributed by atoms with Crippen LogP contribution in [-0.2, 0) is 12.8 Å². The highest BCUT2D eigenvalue weighted by Gasteiger charge is 2.32. The van der Waals surface area contributed by atoms with E-state index in [2.05, 4.69) is 31.2 Å². The van der Waals surface area contributed by atoms with Crippen LogP contribution in [0.25, 0.3) is 0 Å². The van der Waals surface area contributed by atoms with Gasteiger partial charge in [0.1, 0.15) is 28.5 Å². The molecule has 2 aliphatic heterocycles. The zero-order chi connectivity index (χ0) is 19.9. The van der Waals surface area contributed by atoms with Crippen LogP contribution in [0.15, 0.2) is 35.5 Å². The fourth-order valence-electron chi connectivity index (χ4n) is 4.11. The average molecular weight is 381 g/mol. The number of nitroso groups, excluding NO2 is 1. The van der Waals surface area contributed by atoms with Crippen LogP contribution in [0.3, 0.4) is 0 Å². The lowest BCUT2D eigenvalue weighted by Gasteiger charge is -2.35.